The third kappa shape index (κ3) is 1.75. The van der Waals surface area contributed by atoms with E-state index in [1.807, 2.05) is 31.2 Å². The van der Waals surface area contributed by atoms with Crippen LogP contribution in [0.5, 0.6) is 0 Å². The number of benzene rings is 1. The van der Waals surface area contributed by atoms with E-state index >= 15 is 0 Å². The van der Waals surface area contributed by atoms with Crippen LogP contribution < -0.4 is 4.90 Å². The SMILES string of the molecule is C=C1C=C(Br)C(=O)N1c1ccc(C)cc1. The number of nitrogens with zero attached hydrogens (tertiary/aromatic N) is 1. The highest BCUT2D eigenvalue weighted by Crippen LogP contribution is 2.29. The van der Waals surface area contributed by atoms with Crippen molar-refractivity contribution in [2.45, 2.75) is 6.92 Å². The van der Waals surface area contributed by atoms with Crippen molar-refractivity contribution in [2.75, 3.05) is 4.90 Å². The Kier molecular flexibility index (Phi) is 2.49. The van der Waals surface area contributed by atoms with Crippen molar-refractivity contribution >= 4 is 27.5 Å². The average molecular weight is 264 g/mol. The van der Waals surface area contributed by atoms with Crippen molar-refractivity contribution < 1.29 is 4.79 Å². The lowest BCUT2D eigenvalue weighted by Crippen LogP contribution is -2.23. The fraction of sp³-hybridized carbons (Fsp3) is 0.0833. The molecule has 3 heteroatoms. The molecule has 0 saturated heterocycles. The maximum Gasteiger partial charge on any atom is 0.269 e. The Hall–Kier alpha value is -1.35. The van der Waals surface area contributed by atoms with Gasteiger partial charge in [-0.15, -0.1) is 0 Å². The molecule has 0 aliphatic carbocycles. The molecule has 1 aromatic carbocycles. The summed E-state index contributed by atoms with van der Waals surface area (Å²) in [5, 5.41) is 0. The lowest BCUT2D eigenvalue weighted by Gasteiger charge is -2.17. The van der Waals surface area contributed by atoms with Gasteiger partial charge >= 0.3 is 0 Å². The molecule has 0 aromatic heterocycles. The van der Waals surface area contributed by atoms with Gasteiger partial charge in [0.1, 0.15) is 0 Å². The molecule has 0 spiro atoms. The van der Waals surface area contributed by atoms with Gasteiger partial charge in [0.15, 0.2) is 0 Å². The molecule has 76 valence electrons. The average Bonchev–Trinajstić information content (AvgIpc) is 2.44. The normalized spacial score (nSPS) is 15.9. The number of amides is 1. The van der Waals surface area contributed by atoms with Gasteiger partial charge in [0, 0.05) is 11.4 Å². The van der Waals surface area contributed by atoms with Crippen LogP contribution in [0.2, 0.25) is 0 Å². The largest absolute Gasteiger partial charge is 0.277 e. The summed E-state index contributed by atoms with van der Waals surface area (Å²) in [5.41, 5.74) is 2.71. The summed E-state index contributed by atoms with van der Waals surface area (Å²) >= 11 is 3.21. The van der Waals surface area contributed by atoms with E-state index in [4.69, 9.17) is 0 Å². The Balaban J connectivity index is 2.38. The number of anilines is 1. The first-order valence-electron chi connectivity index (χ1n) is 4.57. The summed E-state index contributed by atoms with van der Waals surface area (Å²) in [6.07, 6.45) is 1.72. The molecule has 2 rings (SSSR count). The monoisotopic (exact) mass is 263 g/mol. The molecule has 1 aliphatic rings. The number of allylic oxidation sites excluding steroid dienone is 1. The summed E-state index contributed by atoms with van der Waals surface area (Å²) in [5.74, 6) is -0.0659. The first kappa shape index (κ1) is 10.2. The van der Waals surface area contributed by atoms with Gasteiger partial charge in [-0.05, 0) is 41.1 Å². The first-order valence-corrected chi connectivity index (χ1v) is 5.36. The highest BCUT2D eigenvalue weighted by Gasteiger charge is 2.26. The zero-order chi connectivity index (χ0) is 11.0. The molecule has 1 heterocycles. The van der Waals surface area contributed by atoms with E-state index in [9.17, 15) is 4.79 Å². The zero-order valence-corrected chi connectivity index (χ0v) is 9.91. The Labute approximate surface area is 97.0 Å². The van der Waals surface area contributed by atoms with E-state index in [1.165, 1.54) is 5.56 Å². The van der Waals surface area contributed by atoms with Crippen molar-refractivity contribution in [1.29, 1.82) is 0 Å². The van der Waals surface area contributed by atoms with Crippen LogP contribution in [-0.2, 0) is 4.79 Å². The van der Waals surface area contributed by atoms with Crippen LogP contribution in [0.15, 0.2) is 47.1 Å². The second-order valence-corrected chi connectivity index (χ2v) is 4.31. The van der Waals surface area contributed by atoms with Crippen molar-refractivity contribution in [1.82, 2.24) is 0 Å². The number of aryl methyl sites for hydroxylation is 1. The third-order valence-electron chi connectivity index (χ3n) is 2.28. The van der Waals surface area contributed by atoms with Crippen LogP contribution in [0.3, 0.4) is 0 Å². The molecule has 1 aliphatic heterocycles. The van der Waals surface area contributed by atoms with Gasteiger partial charge < -0.3 is 0 Å². The minimum atomic E-state index is -0.0659. The standard InChI is InChI=1S/C12H10BrNO/c1-8-3-5-10(6-4-8)14-9(2)7-11(13)12(14)15/h3-7H,2H2,1H3. The minimum Gasteiger partial charge on any atom is -0.277 e. The van der Waals surface area contributed by atoms with Crippen LogP contribution in [0.1, 0.15) is 5.56 Å². The summed E-state index contributed by atoms with van der Waals surface area (Å²) in [6.45, 7) is 5.85. The van der Waals surface area contributed by atoms with E-state index in [0.29, 0.717) is 10.2 Å². The highest BCUT2D eigenvalue weighted by atomic mass is 79.9. The van der Waals surface area contributed by atoms with E-state index in [2.05, 4.69) is 22.5 Å². The molecule has 0 radical (unpaired) electrons. The minimum absolute atomic E-state index is 0.0659. The Morgan fingerprint density at radius 2 is 1.87 bits per heavy atom. The van der Waals surface area contributed by atoms with E-state index in [1.54, 1.807) is 11.0 Å². The molecule has 0 bridgehead atoms. The van der Waals surface area contributed by atoms with Crippen LogP contribution >= 0.6 is 15.9 Å². The molecule has 1 amide bonds. The molecule has 0 fully saturated rings. The van der Waals surface area contributed by atoms with Crippen LogP contribution in [0.4, 0.5) is 5.69 Å². The molecule has 0 N–H and O–H groups in total. The lowest BCUT2D eigenvalue weighted by molar-refractivity contribution is -0.113. The van der Waals surface area contributed by atoms with Crippen LogP contribution in [0.25, 0.3) is 0 Å². The quantitative estimate of drug-likeness (QED) is 0.763. The molecule has 0 unspecified atom stereocenters. The van der Waals surface area contributed by atoms with Gasteiger partial charge in [-0.1, -0.05) is 24.3 Å². The van der Waals surface area contributed by atoms with Crippen LogP contribution in [-0.4, -0.2) is 5.91 Å². The smallest absolute Gasteiger partial charge is 0.269 e. The van der Waals surface area contributed by atoms with Gasteiger partial charge in [-0.25, -0.2) is 0 Å². The van der Waals surface area contributed by atoms with Gasteiger partial charge in [-0.2, -0.15) is 0 Å². The molecule has 2 nitrogen and oxygen atoms in total. The lowest BCUT2D eigenvalue weighted by atomic mass is 10.2. The predicted octanol–water partition coefficient (Wildman–Crippen LogP) is 3.13. The van der Waals surface area contributed by atoms with Gasteiger partial charge in [0.05, 0.1) is 4.48 Å². The Bertz CT molecular complexity index is 459. The number of hydrogen-bond acceptors (Lipinski definition) is 1. The van der Waals surface area contributed by atoms with Crippen molar-refractivity contribution in [3.63, 3.8) is 0 Å². The van der Waals surface area contributed by atoms with Crippen molar-refractivity contribution in [3.8, 4) is 0 Å². The van der Waals surface area contributed by atoms with Gasteiger partial charge in [0.25, 0.3) is 5.91 Å². The highest BCUT2D eigenvalue weighted by molar-refractivity contribution is 9.12. The van der Waals surface area contributed by atoms with E-state index < -0.39 is 0 Å². The maximum absolute atomic E-state index is 11.8. The summed E-state index contributed by atoms with van der Waals surface area (Å²) in [6, 6.07) is 7.78. The second kappa shape index (κ2) is 3.66. The number of hydrogen-bond donors (Lipinski definition) is 0. The van der Waals surface area contributed by atoms with Gasteiger partial charge in [-0.3, -0.25) is 9.69 Å². The number of rotatable bonds is 1. The topological polar surface area (TPSA) is 20.3 Å². The van der Waals surface area contributed by atoms with Crippen molar-refractivity contribution in [3.05, 3.63) is 52.7 Å². The number of halogens is 1. The summed E-state index contributed by atoms with van der Waals surface area (Å²) in [7, 11) is 0. The molecule has 0 atom stereocenters. The first-order chi connectivity index (χ1) is 7.09. The van der Waals surface area contributed by atoms with E-state index in [0.717, 1.165) is 5.69 Å². The Morgan fingerprint density at radius 1 is 1.27 bits per heavy atom. The molecule has 15 heavy (non-hydrogen) atoms. The van der Waals surface area contributed by atoms with Crippen LogP contribution in [0, 0.1) is 6.92 Å². The molecular weight excluding hydrogens is 254 g/mol. The Morgan fingerprint density at radius 3 is 2.33 bits per heavy atom. The molecular formula is C12H10BrNO. The van der Waals surface area contributed by atoms with Crippen molar-refractivity contribution in [2.24, 2.45) is 0 Å². The van der Waals surface area contributed by atoms with E-state index in [-0.39, 0.29) is 5.91 Å². The molecule has 1 aromatic rings. The number of carbonyl (C=O) groups excluding carboxylic acids is 1. The number of carbonyl (C=O) groups is 1. The molecule has 0 saturated carbocycles. The third-order valence-corrected chi connectivity index (χ3v) is 2.85. The predicted molar refractivity (Wildman–Crippen MR) is 64.8 cm³/mol. The fourth-order valence-electron chi connectivity index (χ4n) is 1.49. The fourth-order valence-corrected chi connectivity index (χ4v) is 1.93. The second-order valence-electron chi connectivity index (χ2n) is 3.46. The maximum atomic E-state index is 11.8. The summed E-state index contributed by atoms with van der Waals surface area (Å²) in [4.78, 5) is 13.3. The zero-order valence-electron chi connectivity index (χ0n) is 8.33. The van der Waals surface area contributed by atoms with Gasteiger partial charge in [0.2, 0.25) is 0 Å². The summed E-state index contributed by atoms with van der Waals surface area (Å²) < 4.78 is 0.549.